The Balaban J connectivity index is 1.63. The van der Waals surface area contributed by atoms with Crippen LogP contribution in [0.4, 0.5) is 10.1 Å². The highest BCUT2D eigenvalue weighted by Gasteiger charge is 2.18. The number of halogens is 1. The molecular weight excluding hydrogens is 369 g/mol. The van der Waals surface area contributed by atoms with Crippen molar-refractivity contribution in [1.82, 2.24) is 19.7 Å². The molecule has 146 valence electrons. The molecule has 0 aliphatic rings. The van der Waals surface area contributed by atoms with E-state index in [1.807, 2.05) is 32.0 Å². The number of amides is 1. The first-order valence-electron chi connectivity index (χ1n) is 9.18. The van der Waals surface area contributed by atoms with Crippen LogP contribution in [-0.4, -0.2) is 25.7 Å². The number of aromatic amines is 1. The lowest BCUT2D eigenvalue weighted by Gasteiger charge is -2.11. The van der Waals surface area contributed by atoms with Crippen molar-refractivity contribution in [3.05, 3.63) is 83.2 Å². The minimum absolute atomic E-state index is 0.260. The van der Waals surface area contributed by atoms with Gasteiger partial charge in [0.1, 0.15) is 11.6 Å². The van der Waals surface area contributed by atoms with E-state index in [0.717, 1.165) is 17.1 Å². The number of aryl methyl sites for hydroxylation is 2. The van der Waals surface area contributed by atoms with Gasteiger partial charge in [-0.2, -0.15) is 5.10 Å². The molecule has 6 nitrogen and oxygen atoms in total. The van der Waals surface area contributed by atoms with Gasteiger partial charge < -0.3 is 9.88 Å². The molecule has 0 saturated carbocycles. The standard InChI is InChI=1S/C22H20FN5O/c1-13-11-18(14(2)28(13)20-10-5-4-9-19(20)23)22(29)25-17-8-6-7-16(12-17)21-24-15(3)26-27-21/h4-12H,1-3H3,(H,25,29)(H,24,26,27). The fraction of sp³-hybridized carbons (Fsp3) is 0.136. The van der Waals surface area contributed by atoms with Gasteiger partial charge in [-0.15, -0.1) is 0 Å². The highest BCUT2D eigenvalue weighted by atomic mass is 19.1. The number of para-hydroxylation sites is 1. The minimum Gasteiger partial charge on any atom is -0.322 e. The lowest BCUT2D eigenvalue weighted by molar-refractivity contribution is 0.102. The quantitative estimate of drug-likeness (QED) is 0.536. The molecule has 4 rings (SSSR count). The van der Waals surface area contributed by atoms with Gasteiger partial charge in [0, 0.05) is 22.6 Å². The summed E-state index contributed by atoms with van der Waals surface area (Å²) in [6, 6.07) is 15.6. The average molecular weight is 389 g/mol. The number of hydrogen-bond donors (Lipinski definition) is 2. The number of rotatable bonds is 4. The predicted octanol–water partition coefficient (Wildman–Crippen LogP) is 4.58. The SMILES string of the molecule is Cc1nc(-c2cccc(NC(=O)c3cc(C)n(-c4ccccc4F)c3C)c2)n[nH]1. The fourth-order valence-corrected chi connectivity index (χ4v) is 3.40. The Morgan fingerprint density at radius 2 is 1.86 bits per heavy atom. The van der Waals surface area contributed by atoms with Gasteiger partial charge in [0.15, 0.2) is 5.82 Å². The van der Waals surface area contributed by atoms with Crippen LogP contribution in [0.2, 0.25) is 0 Å². The van der Waals surface area contributed by atoms with Gasteiger partial charge in [-0.25, -0.2) is 9.37 Å². The van der Waals surface area contributed by atoms with E-state index in [0.29, 0.717) is 28.5 Å². The van der Waals surface area contributed by atoms with E-state index in [1.54, 1.807) is 41.8 Å². The zero-order chi connectivity index (χ0) is 20.5. The maximum atomic E-state index is 14.3. The summed E-state index contributed by atoms with van der Waals surface area (Å²) in [5.41, 5.74) is 3.79. The van der Waals surface area contributed by atoms with E-state index >= 15 is 0 Å². The van der Waals surface area contributed by atoms with Gasteiger partial charge in [0.05, 0.1) is 11.3 Å². The van der Waals surface area contributed by atoms with E-state index in [4.69, 9.17) is 0 Å². The number of nitrogens with zero attached hydrogens (tertiary/aromatic N) is 3. The number of anilines is 1. The van der Waals surface area contributed by atoms with Crippen molar-refractivity contribution >= 4 is 11.6 Å². The second kappa shape index (κ2) is 7.35. The second-order valence-corrected chi connectivity index (χ2v) is 6.85. The first kappa shape index (κ1) is 18.6. The van der Waals surface area contributed by atoms with Gasteiger partial charge in [-0.05, 0) is 51.1 Å². The molecule has 2 heterocycles. The lowest BCUT2D eigenvalue weighted by atomic mass is 10.1. The number of nitrogens with one attached hydrogen (secondary N) is 2. The van der Waals surface area contributed by atoms with Crippen LogP contribution in [0.25, 0.3) is 17.1 Å². The Kier molecular flexibility index (Phi) is 4.72. The molecule has 4 aromatic rings. The summed E-state index contributed by atoms with van der Waals surface area (Å²) >= 11 is 0. The molecule has 1 amide bonds. The van der Waals surface area contributed by atoms with Crippen LogP contribution in [0.15, 0.2) is 54.6 Å². The van der Waals surface area contributed by atoms with Gasteiger partial charge in [-0.1, -0.05) is 24.3 Å². The second-order valence-electron chi connectivity index (χ2n) is 6.85. The van der Waals surface area contributed by atoms with Crippen LogP contribution in [-0.2, 0) is 0 Å². The number of carbonyl (C=O) groups excluding carboxylic acids is 1. The molecule has 0 fully saturated rings. The van der Waals surface area contributed by atoms with E-state index in [9.17, 15) is 9.18 Å². The molecular formula is C22H20FN5O. The van der Waals surface area contributed by atoms with Crippen LogP contribution in [0, 0.1) is 26.6 Å². The van der Waals surface area contributed by atoms with Crippen molar-refractivity contribution in [2.24, 2.45) is 0 Å². The summed E-state index contributed by atoms with van der Waals surface area (Å²) in [7, 11) is 0. The molecule has 0 saturated heterocycles. The van der Waals surface area contributed by atoms with E-state index in [2.05, 4.69) is 20.5 Å². The summed E-state index contributed by atoms with van der Waals surface area (Å²) < 4.78 is 16.0. The van der Waals surface area contributed by atoms with Crippen LogP contribution in [0.1, 0.15) is 27.6 Å². The van der Waals surface area contributed by atoms with Gasteiger partial charge in [0.25, 0.3) is 5.91 Å². The Morgan fingerprint density at radius 1 is 1.07 bits per heavy atom. The smallest absolute Gasteiger partial charge is 0.257 e. The number of H-pyrrole nitrogens is 1. The molecule has 0 unspecified atom stereocenters. The molecule has 2 aromatic carbocycles. The van der Waals surface area contributed by atoms with E-state index < -0.39 is 0 Å². The van der Waals surface area contributed by atoms with Crippen LogP contribution >= 0.6 is 0 Å². The normalized spacial score (nSPS) is 10.9. The summed E-state index contributed by atoms with van der Waals surface area (Å²) in [6.07, 6.45) is 0. The Morgan fingerprint density at radius 3 is 2.59 bits per heavy atom. The zero-order valence-corrected chi connectivity index (χ0v) is 16.3. The summed E-state index contributed by atoms with van der Waals surface area (Å²) in [6.45, 7) is 5.48. The zero-order valence-electron chi connectivity index (χ0n) is 16.3. The third kappa shape index (κ3) is 3.54. The van der Waals surface area contributed by atoms with Crippen molar-refractivity contribution in [2.75, 3.05) is 5.32 Å². The van der Waals surface area contributed by atoms with Gasteiger partial charge in [0.2, 0.25) is 0 Å². The third-order valence-corrected chi connectivity index (χ3v) is 4.74. The maximum Gasteiger partial charge on any atom is 0.257 e. The first-order valence-corrected chi connectivity index (χ1v) is 9.18. The van der Waals surface area contributed by atoms with Crippen molar-refractivity contribution in [3.8, 4) is 17.1 Å². The highest BCUT2D eigenvalue weighted by Crippen LogP contribution is 2.25. The molecule has 7 heteroatoms. The Bertz CT molecular complexity index is 1210. The Hall–Kier alpha value is -3.74. The van der Waals surface area contributed by atoms with Crippen molar-refractivity contribution in [2.45, 2.75) is 20.8 Å². The lowest BCUT2D eigenvalue weighted by Crippen LogP contribution is -2.13. The van der Waals surface area contributed by atoms with E-state index in [-0.39, 0.29) is 11.7 Å². The molecule has 2 aromatic heterocycles. The maximum absolute atomic E-state index is 14.3. The predicted molar refractivity (Wildman–Crippen MR) is 110 cm³/mol. The van der Waals surface area contributed by atoms with Gasteiger partial charge in [-0.3, -0.25) is 9.89 Å². The summed E-state index contributed by atoms with van der Waals surface area (Å²) in [5.74, 6) is 0.686. The van der Waals surface area contributed by atoms with Crippen LogP contribution in [0.3, 0.4) is 0 Å². The van der Waals surface area contributed by atoms with Crippen LogP contribution in [0.5, 0.6) is 0 Å². The minimum atomic E-state index is -0.337. The molecule has 0 spiro atoms. The number of carbonyl (C=O) groups is 1. The highest BCUT2D eigenvalue weighted by molar-refractivity contribution is 6.05. The average Bonchev–Trinajstić information content (AvgIpc) is 3.26. The molecule has 0 radical (unpaired) electrons. The summed E-state index contributed by atoms with van der Waals surface area (Å²) in [4.78, 5) is 17.2. The largest absolute Gasteiger partial charge is 0.322 e. The van der Waals surface area contributed by atoms with Gasteiger partial charge >= 0.3 is 0 Å². The Labute approximate surface area is 167 Å². The fourth-order valence-electron chi connectivity index (χ4n) is 3.40. The third-order valence-electron chi connectivity index (χ3n) is 4.74. The molecule has 0 atom stereocenters. The molecule has 29 heavy (non-hydrogen) atoms. The van der Waals surface area contributed by atoms with Crippen molar-refractivity contribution in [3.63, 3.8) is 0 Å². The topological polar surface area (TPSA) is 75.6 Å². The summed E-state index contributed by atoms with van der Waals surface area (Å²) in [5, 5.41) is 9.87. The van der Waals surface area contributed by atoms with Crippen LogP contribution < -0.4 is 5.32 Å². The van der Waals surface area contributed by atoms with Crippen molar-refractivity contribution < 1.29 is 9.18 Å². The monoisotopic (exact) mass is 389 g/mol. The first-order chi connectivity index (χ1) is 13.9. The number of hydrogen-bond acceptors (Lipinski definition) is 3. The molecule has 2 N–H and O–H groups in total. The van der Waals surface area contributed by atoms with E-state index in [1.165, 1.54) is 6.07 Å². The van der Waals surface area contributed by atoms with Crippen molar-refractivity contribution in [1.29, 1.82) is 0 Å². The molecule has 0 aliphatic carbocycles. The molecule has 0 aliphatic heterocycles. The molecule has 0 bridgehead atoms. The number of benzene rings is 2. The number of aromatic nitrogens is 4.